The smallest absolute Gasteiger partial charge is 0.233 e. The minimum absolute atomic E-state index is 0.0165. The summed E-state index contributed by atoms with van der Waals surface area (Å²) in [5.41, 5.74) is 0.430. The molecule has 0 spiro atoms. The Labute approximate surface area is 100 Å². The summed E-state index contributed by atoms with van der Waals surface area (Å²) in [5, 5.41) is 9.04. The summed E-state index contributed by atoms with van der Waals surface area (Å²) in [5.74, 6) is 0.279. The number of halogens is 1. The van der Waals surface area contributed by atoms with E-state index in [-0.39, 0.29) is 17.4 Å². The van der Waals surface area contributed by atoms with E-state index in [1.807, 2.05) is 0 Å². The molecule has 90 valence electrons. The lowest BCUT2D eigenvalue weighted by Gasteiger charge is -2.10. The number of rotatable bonds is 5. The Morgan fingerprint density at radius 2 is 1.94 bits per heavy atom. The number of alkyl halides is 1. The van der Waals surface area contributed by atoms with Crippen molar-refractivity contribution in [1.82, 2.24) is 0 Å². The topological polar surface area (TPSA) is 66.4 Å². The molecule has 0 aromatic heterocycles. The van der Waals surface area contributed by atoms with Crippen LogP contribution >= 0.6 is 11.6 Å². The van der Waals surface area contributed by atoms with E-state index >= 15 is 0 Å². The number of aromatic hydroxyl groups is 1. The molecule has 0 aliphatic heterocycles. The first-order valence-electron chi connectivity index (χ1n) is 4.78. The van der Waals surface area contributed by atoms with Gasteiger partial charge in [0.2, 0.25) is 10.0 Å². The number of phenols is 1. The lowest BCUT2D eigenvalue weighted by Crippen LogP contribution is -2.22. The second-order valence-electron chi connectivity index (χ2n) is 3.69. The predicted molar refractivity (Wildman–Crippen MR) is 65.4 cm³/mol. The quantitative estimate of drug-likeness (QED) is 0.631. The van der Waals surface area contributed by atoms with Crippen molar-refractivity contribution in [3.05, 3.63) is 24.3 Å². The molecule has 0 saturated heterocycles. The highest BCUT2D eigenvalue weighted by Crippen LogP contribution is 2.16. The third-order valence-electron chi connectivity index (χ3n) is 1.91. The summed E-state index contributed by atoms with van der Waals surface area (Å²) in [4.78, 5) is 0. The maximum absolute atomic E-state index is 11.6. The standard InChI is InChI=1S/C10H14ClNO3S/c1-8(6-11)7-16(14,15)12-9-2-4-10(13)5-3-9/h2-5,8,12-13H,6-7H2,1H3. The molecule has 6 heteroatoms. The third kappa shape index (κ3) is 4.28. The van der Waals surface area contributed by atoms with Gasteiger partial charge < -0.3 is 5.11 Å². The fraction of sp³-hybridized carbons (Fsp3) is 0.400. The van der Waals surface area contributed by atoms with Crippen LogP contribution in [0.15, 0.2) is 24.3 Å². The Bertz CT molecular complexity index is 430. The van der Waals surface area contributed by atoms with Crippen LogP contribution in [0, 0.1) is 5.92 Å². The van der Waals surface area contributed by atoms with Crippen LogP contribution < -0.4 is 4.72 Å². The molecule has 0 heterocycles. The van der Waals surface area contributed by atoms with Crippen molar-refractivity contribution >= 4 is 27.3 Å². The van der Waals surface area contributed by atoms with Gasteiger partial charge >= 0.3 is 0 Å². The lowest BCUT2D eigenvalue weighted by molar-refractivity contribution is 0.475. The summed E-state index contributed by atoms with van der Waals surface area (Å²) < 4.78 is 25.7. The Balaban J connectivity index is 2.69. The first-order valence-corrected chi connectivity index (χ1v) is 6.97. The van der Waals surface area contributed by atoms with Gasteiger partial charge in [-0.05, 0) is 30.2 Å². The molecule has 1 unspecified atom stereocenters. The van der Waals surface area contributed by atoms with Crippen molar-refractivity contribution < 1.29 is 13.5 Å². The Morgan fingerprint density at radius 3 is 2.44 bits per heavy atom. The molecule has 0 radical (unpaired) electrons. The maximum atomic E-state index is 11.6. The summed E-state index contributed by atoms with van der Waals surface area (Å²) in [7, 11) is -3.37. The summed E-state index contributed by atoms with van der Waals surface area (Å²) in [6, 6.07) is 5.84. The normalized spacial score (nSPS) is 13.4. The molecule has 0 aliphatic rings. The van der Waals surface area contributed by atoms with Gasteiger partial charge in [-0.15, -0.1) is 11.6 Å². The zero-order chi connectivity index (χ0) is 12.2. The van der Waals surface area contributed by atoms with Crippen LogP contribution in [0.1, 0.15) is 6.92 Å². The molecule has 1 aromatic carbocycles. The molecular weight excluding hydrogens is 250 g/mol. The van der Waals surface area contributed by atoms with Crippen LogP contribution in [0.4, 0.5) is 5.69 Å². The molecule has 0 aliphatic carbocycles. The van der Waals surface area contributed by atoms with Gasteiger partial charge in [0.15, 0.2) is 0 Å². The zero-order valence-electron chi connectivity index (χ0n) is 8.85. The number of sulfonamides is 1. The lowest BCUT2D eigenvalue weighted by atomic mass is 10.3. The highest BCUT2D eigenvalue weighted by atomic mass is 35.5. The summed E-state index contributed by atoms with van der Waals surface area (Å²) >= 11 is 5.56. The minimum Gasteiger partial charge on any atom is -0.508 e. The molecule has 0 bridgehead atoms. The monoisotopic (exact) mass is 263 g/mol. The number of benzene rings is 1. The number of nitrogens with one attached hydrogen (secondary N) is 1. The fourth-order valence-corrected chi connectivity index (χ4v) is 2.85. The van der Waals surface area contributed by atoms with Gasteiger partial charge in [-0.25, -0.2) is 8.42 Å². The van der Waals surface area contributed by atoms with Gasteiger partial charge in [-0.3, -0.25) is 4.72 Å². The number of phenolic OH excluding ortho intramolecular Hbond substituents is 1. The van der Waals surface area contributed by atoms with E-state index in [0.717, 1.165) is 0 Å². The van der Waals surface area contributed by atoms with Crippen LogP contribution in [0.2, 0.25) is 0 Å². The Kier molecular flexibility index (Phi) is 4.44. The van der Waals surface area contributed by atoms with Gasteiger partial charge in [0, 0.05) is 11.6 Å². The Hall–Kier alpha value is -0.940. The van der Waals surface area contributed by atoms with Crippen LogP contribution in [0.25, 0.3) is 0 Å². The van der Waals surface area contributed by atoms with Gasteiger partial charge in [0.05, 0.1) is 5.75 Å². The third-order valence-corrected chi connectivity index (χ3v) is 3.99. The van der Waals surface area contributed by atoms with Crippen molar-refractivity contribution in [2.45, 2.75) is 6.92 Å². The predicted octanol–water partition coefficient (Wildman–Crippen LogP) is 2.01. The maximum Gasteiger partial charge on any atom is 0.233 e. The van der Waals surface area contributed by atoms with Crippen molar-refractivity contribution in [3.8, 4) is 5.75 Å². The molecule has 0 amide bonds. The number of hydrogen-bond acceptors (Lipinski definition) is 3. The van der Waals surface area contributed by atoms with Crippen molar-refractivity contribution in [3.63, 3.8) is 0 Å². The average Bonchev–Trinajstić information content (AvgIpc) is 2.20. The second kappa shape index (κ2) is 5.41. The minimum atomic E-state index is -3.37. The van der Waals surface area contributed by atoms with Crippen LogP contribution in [-0.4, -0.2) is 25.2 Å². The molecule has 1 rings (SSSR count). The molecular formula is C10H14ClNO3S. The number of hydrogen-bond donors (Lipinski definition) is 2. The largest absolute Gasteiger partial charge is 0.508 e. The van der Waals surface area contributed by atoms with E-state index in [4.69, 9.17) is 16.7 Å². The van der Waals surface area contributed by atoms with Gasteiger partial charge in [0.25, 0.3) is 0 Å². The van der Waals surface area contributed by atoms with E-state index in [1.165, 1.54) is 24.3 Å². The molecule has 1 atom stereocenters. The van der Waals surface area contributed by atoms with Gasteiger partial charge in [-0.1, -0.05) is 6.92 Å². The average molecular weight is 264 g/mol. The SMILES string of the molecule is CC(CCl)CS(=O)(=O)Nc1ccc(O)cc1. The summed E-state index contributed by atoms with van der Waals surface area (Å²) in [6.07, 6.45) is 0. The van der Waals surface area contributed by atoms with Crippen molar-refractivity contribution in [1.29, 1.82) is 0 Å². The van der Waals surface area contributed by atoms with E-state index < -0.39 is 10.0 Å². The second-order valence-corrected chi connectivity index (χ2v) is 5.77. The van der Waals surface area contributed by atoms with Gasteiger partial charge in [0.1, 0.15) is 5.75 Å². The molecule has 16 heavy (non-hydrogen) atoms. The molecule has 4 nitrogen and oxygen atoms in total. The highest BCUT2D eigenvalue weighted by Gasteiger charge is 2.14. The molecule has 0 saturated carbocycles. The first-order chi connectivity index (χ1) is 7.43. The van der Waals surface area contributed by atoms with Gasteiger partial charge in [-0.2, -0.15) is 0 Å². The van der Waals surface area contributed by atoms with Crippen molar-refractivity contribution in [2.24, 2.45) is 5.92 Å². The fourth-order valence-electron chi connectivity index (χ4n) is 1.17. The van der Waals surface area contributed by atoms with E-state index in [9.17, 15) is 8.42 Å². The highest BCUT2D eigenvalue weighted by molar-refractivity contribution is 7.92. The molecule has 1 aromatic rings. The van der Waals surface area contributed by atoms with Crippen LogP contribution in [0.5, 0.6) is 5.75 Å². The number of anilines is 1. The van der Waals surface area contributed by atoms with E-state index in [0.29, 0.717) is 11.6 Å². The first kappa shape index (κ1) is 13.1. The van der Waals surface area contributed by atoms with E-state index in [1.54, 1.807) is 6.92 Å². The molecule has 0 fully saturated rings. The van der Waals surface area contributed by atoms with Crippen LogP contribution in [-0.2, 0) is 10.0 Å². The Morgan fingerprint density at radius 1 is 1.38 bits per heavy atom. The summed E-state index contributed by atoms with van der Waals surface area (Å²) in [6.45, 7) is 1.77. The van der Waals surface area contributed by atoms with E-state index in [2.05, 4.69) is 4.72 Å². The molecule has 2 N–H and O–H groups in total. The van der Waals surface area contributed by atoms with Crippen molar-refractivity contribution in [2.75, 3.05) is 16.4 Å². The van der Waals surface area contributed by atoms with Crippen LogP contribution in [0.3, 0.4) is 0 Å². The zero-order valence-corrected chi connectivity index (χ0v) is 10.4.